The standard InChI is InChI=1S/C18H19FN6O/c1-11-4-5-13(19)8-12(11)9-20-15-6-7-25-17(22-15)14(10-21-25)16-23-18(2,3)26-24-16/h4-8,10H,9H2,1-3H3,(H,20,22)(H,23,24). The molecule has 0 atom stereocenters. The Morgan fingerprint density at radius 2 is 2.15 bits per heavy atom. The van der Waals surface area contributed by atoms with Crippen molar-refractivity contribution in [3.8, 4) is 0 Å². The molecule has 2 N–H and O–H groups in total. The molecule has 7 nitrogen and oxygen atoms in total. The Hall–Kier alpha value is -3.16. The number of aromatic nitrogens is 3. The summed E-state index contributed by atoms with van der Waals surface area (Å²) in [6, 6.07) is 6.58. The molecule has 0 aliphatic carbocycles. The topological polar surface area (TPSA) is 75.8 Å². The molecule has 0 unspecified atom stereocenters. The molecule has 0 radical (unpaired) electrons. The van der Waals surface area contributed by atoms with Crippen LogP contribution in [0.4, 0.5) is 10.2 Å². The second-order valence-electron chi connectivity index (χ2n) is 6.73. The number of oxime groups is 1. The van der Waals surface area contributed by atoms with Gasteiger partial charge in [-0.25, -0.2) is 13.9 Å². The fraction of sp³-hybridized carbons (Fsp3) is 0.278. The van der Waals surface area contributed by atoms with Crippen molar-refractivity contribution in [2.24, 2.45) is 5.16 Å². The Balaban J connectivity index is 1.59. The largest absolute Gasteiger partial charge is 0.366 e. The van der Waals surface area contributed by atoms with Gasteiger partial charge in [0.2, 0.25) is 5.72 Å². The molecule has 0 amide bonds. The number of hydrogen-bond acceptors (Lipinski definition) is 6. The van der Waals surface area contributed by atoms with Crippen molar-refractivity contribution in [3.63, 3.8) is 0 Å². The first-order valence-corrected chi connectivity index (χ1v) is 8.29. The monoisotopic (exact) mass is 354 g/mol. The van der Waals surface area contributed by atoms with Crippen LogP contribution in [-0.2, 0) is 11.4 Å². The maximum absolute atomic E-state index is 13.4. The van der Waals surface area contributed by atoms with Gasteiger partial charge >= 0.3 is 0 Å². The van der Waals surface area contributed by atoms with Crippen LogP contribution in [0.2, 0.25) is 0 Å². The summed E-state index contributed by atoms with van der Waals surface area (Å²) in [5.74, 6) is 1.01. The summed E-state index contributed by atoms with van der Waals surface area (Å²) in [5.41, 5.74) is 2.75. The van der Waals surface area contributed by atoms with E-state index in [9.17, 15) is 4.39 Å². The maximum Gasteiger partial charge on any atom is 0.203 e. The molecule has 1 aliphatic rings. The van der Waals surface area contributed by atoms with E-state index in [1.165, 1.54) is 12.1 Å². The number of halogens is 1. The molecule has 1 aromatic carbocycles. The zero-order chi connectivity index (χ0) is 18.3. The lowest BCUT2D eigenvalue weighted by Crippen LogP contribution is -2.38. The molecule has 26 heavy (non-hydrogen) atoms. The van der Waals surface area contributed by atoms with Crippen molar-refractivity contribution in [3.05, 3.63) is 59.2 Å². The van der Waals surface area contributed by atoms with E-state index >= 15 is 0 Å². The van der Waals surface area contributed by atoms with Crippen molar-refractivity contribution >= 4 is 17.3 Å². The molecule has 0 fully saturated rings. The number of amidine groups is 1. The Labute approximate surface area is 149 Å². The molecule has 2 aromatic heterocycles. The van der Waals surface area contributed by atoms with Gasteiger partial charge in [-0.2, -0.15) is 5.10 Å². The van der Waals surface area contributed by atoms with Crippen LogP contribution in [0.5, 0.6) is 0 Å². The maximum atomic E-state index is 13.4. The van der Waals surface area contributed by atoms with Crippen molar-refractivity contribution in [2.45, 2.75) is 33.0 Å². The third-order valence-corrected chi connectivity index (χ3v) is 4.18. The SMILES string of the molecule is Cc1ccc(F)cc1CNc1ccn2ncc(C3=NOC(C)(C)N3)c2n1. The van der Waals surface area contributed by atoms with Gasteiger partial charge in [-0.1, -0.05) is 11.2 Å². The van der Waals surface area contributed by atoms with E-state index in [4.69, 9.17) is 4.84 Å². The van der Waals surface area contributed by atoms with Gasteiger partial charge in [0.15, 0.2) is 11.5 Å². The van der Waals surface area contributed by atoms with E-state index in [1.807, 2.05) is 33.0 Å². The zero-order valence-corrected chi connectivity index (χ0v) is 14.7. The predicted molar refractivity (Wildman–Crippen MR) is 96.3 cm³/mol. The Morgan fingerprint density at radius 3 is 2.92 bits per heavy atom. The number of fused-ring (bicyclic) bond motifs is 1. The van der Waals surface area contributed by atoms with Crippen molar-refractivity contribution in [1.29, 1.82) is 0 Å². The molecule has 4 rings (SSSR count). The Kier molecular flexibility index (Phi) is 3.75. The summed E-state index contributed by atoms with van der Waals surface area (Å²) >= 11 is 0. The lowest BCUT2D eigenvalue weighted by molar-refractivity contribution is -0.00234. The quantitative estimate of drug-likeness (QED) is 0.753. The van der Waals surface area contributed by atoms with Gasteiger partial charge in [0.05, 0.1) is 11.8 Å². The summed E-state index contributed by atoms with van der Waals surface area (Å²) in [6.45, 7) is 6.20. The Morgan fingerprint density at radius 1 is 1.31 bits per heavy atom. The summed E-state index contributed by atoms with van der Waals surface area (Å²) in [7, 11) is 0. The average molecular weight is 354 g/mol. The number of benzene rings is 1. The Bertz CT molecular complexity index is 1010. The smallest absolute Gasteiger partial charge is 0.203 e. The molecule has 0 spiro atoms. The second-order valence-corrected chi connectivity index (χ2v) is 6.73. The molecule has 0 saturated carbocycles. The molecule has 3 aromatic rings. The third kappa shape index (κ3) is 3.05. The lowest BCUT2D eigenvalue weighted by atomic mass is 10.1. The van der Waals surface area contributed by atoms with E-state index in [2.05, 4.69) is 25.9 Å². The van der Waals surface area contributed by atoms with Gasteiger partial charge in [-0.05, 0) is 50.1 Å². The lowest BCUT2D eigenvalue weighted by Gasteiger charge is -2.15. The van der Waals surface area contributed by atoms with Gasteiger partial charge in [-0.3, -0.25) is 0 Å². The van der Waals surface area contributed by atoms with E-state index in [0.29, 0.717) is 23.8 Å². The average Bonchev–Trinajstić information content (AvgIpc) is 3.18. The van der Waals surface area contributed by atoms with Crippen molar-refractivity contribution in [1.82, 2.24) is 19.9 Å². The highest BCUT2D eigenvalue weighted by Crippen LogP contribution is 2.19. The molecule has 0 bridgehead atoms. The molecule has 0 saturated heterocycles. The predicted octanol–water partition coefficient (Wildman–Crippen LogP) is 2.81. The summed E-state index contributed by atoms with van der Waals surface area (Å²) in [5, 5.41) is 14.8. The minimum absolute atomic E-state index is 0.248. The minimum atomic E-state index is -0.561. The first kappa shape index (κ1) is 16.3. The summed E-state index contributed by atoms with van der Waals surface area (Å²) in [6.07, 6.45) is 3.51. The van der Waals surface area contributed by atoms with Crippen LogP contribution in [0.15, 0.2) is 41.8 Å². The fourth-order valence-electron chi connectivity index (χ4n) is 2.76. The number of hydrogen-bond donors (Lipinski definition) is 2. The number of aryl methyl sites for hydroxylation is 1. The van der Waals surface area contributed by atoms with E-state index in [1.54, 1.807) is 16.8 Å². The molecular weight excluding hydrogens is 335 g/mol. The third-order valence-electron chi connectivity index (χ3n) is 4.18. The van der Waals surface area contributed by atoms with E-state index in [-0.39, 0.29) is 5.82 Å². The van der Waals surface area contributed by atoms with Crippen LogP contribution < -0.4 is 10.6 Å². The number of rotatable bonds is 4. The van der Waals surface area contributed by atoms with Crippen LogP contribution >= 0.6 is 0 Å². The van der Waals surface area contributed by atoms with Crippen molar-refractivity contribution in [2.75, 3.05) is 5.32 Å². The van der Waals surface area contributed by atoms with Crippen molar-refractivity contribution < 1.29 is 9.23 Å². The second kappa shape index (κ2) is 5.98. The van der Waals surface area contributed by atoms with Gasteiger partial charge in [0.1, 0.15) is 11.6 Å². The highest BCUT2D eigenvalue weighted by molar-refractivity contribution is 6.04. The van der Waals surface area contributed by atoms with Crippen LogP contribution in [0, 0.1) is 12.7 Å². The zero-order valence-electron chi connectivity index (χ0n) is 14.7. The molecule has 8 heteroatoms. The highest BCUT2D eigenvalue weighted by atomic mass is 19.1. The summed E-state index contributed by atoms with van der Waals surface area (Å²) in [4.78, 5) is 9.96. The van der Waals surface area contributed by atoms with Crippen LogP contribution in [0.25, 0.3) is 5.65 Å². The van der Waals surface area contributed by atoms with Crippen LogP contribution in [0.3, 0.4) is 0 Å². The number of anilines is 1. The molecule has 3 heterocycles. The van der Waals surface area contributed by atoms with Gasteiger partial charge < -0.3 is 15.5 Å². The fourth-order valence-corrected chi connectivity index (χ4v) is 2.76. The first-order valence-electron chi connectivity index (χ1n) is 8.29. The van der Waals surface area contributed by atoms with Crippen LogP contribution in [-0.4, -0.2) is 26.2 Å². The van der Waals surface area contributed by atoms with Gasteiger partial charge in [0, 0.05) is 12.7 Å². The van der Waals surface area contributed by atoms with E-state index in [0.717, 1.165) is 16.7 Å². The van der Waals surface area contributed by atoms with Crippen LogP contribution in [0.1, 0.15) is 30.5 Å². The van der Waals surface area contributed by atoms with Gasteiger partial charge in [0.25, 0.3) is 0 Å². The highest BCUT2D eigenvalue weighted by Gasteiger charge is 2.30. The number of nitrogens with one attached hydrogen (secondary N) is 2. The summed E-state index contributed by atoms with van der Waals surface area (Å²) < 4.78 is 15.1. The molecular formula is C18H19FN6O. The van der Waals surface area contributed by atoms with Gasteiger partial charge in [-0.15, -0.1) is 0 Å². The normalized spacial score (nSPS) is 15.5. The first-order chi connectivity index (χ1) is 12.4. The minimum Gasteiger partial charge on any atom is -0.366 e. The number of nitrogens with zero attached hydrogens (tertiary/aromatic N) is 4. The molecule has 1 aliphatic heterocycles. The molecule has 134 valence electrons. The van der Waals surface area contributed by atoms with E-state index < -0.39 is 5.72 Å².